The highest BCUT2D eigenvalue weighted by molar-refractivity contribution is 7.14. The minimum atomic E-state index is -0.413. The van der Waals surface area contributed by atoms with E-state index in [0.29, 0.717) is 17.3 Å². The van der Waals surface area contributed by atoms with E-state index in [9.17, 15) is 4.79 Å². The number of aliphatic hydroxyl groups excluding tert-OH is 1. The first-order valence-electron chi connectivity index (χ1n) is 5.85. The van der Waals surface area contributed by atoms with E-state index in [1.165, 1.54) is 22.7 Å². The molecule has 0 saturated carbocycles. The Balaban J connectivity index is 2.18. The molecule has 1 unspecified atom stereocenters. The standard InChI is InChI=1S/C12H14N2O3S2/c1-3-17-12(16)9-6-19-11(14-9)8-5-18-10(13-8)7(2)4-15/h5-7,15H,3-4H2,1-2H3. The number of thiazole rings is 2. The van der Waals surface area contributed by atoms with Gasteiger partial charge in [0.1, 0.15) is 10.7 Å². The summed E-state index contributed by atoms with van der Waals surface area (Å²) in [6.45, 7) is 4.07. The van der Waals surface area contributed by atoms with Crippen LogP contribution in [0.3, 0.4) is 0 Å². The molecule has 2 aromatic rings. The zero-order chi connectivity index (χ0) is 13.8. The Kier molecular flexibility index (Phi) is 4.62. The lowest BCUT2D eigenvalue weighted by Crippen LogP contribution is -2.04. The van der Waals surface area contributed by atoms with Gasteiger partial charge in [0, 0.05) is 16.7 Å². The van der Waals surface area contributed by atoms with Crippen molar-refractivity contribution in [2.75, 3.05) is 13.2 Å². The van der Waals surface area contributed by atoms with E-state index in [0.717, 1.165) is 10.7 Å². The number of carbonyl (C=O) groups is 1. The fourth-order valence-corrected chi connectivity index (χ4v) is 3.06. The second kappa shape index (κ2) is 6.23. The van der Waals surface area contributed by atoms with Gasteiger partial charge in [-0.2, -0.15) is 0 Å². The number of esters is 1. The van der Waals surface area contributed by atoms with E-state index < -0.39 is 5.97 Å². The van der Waals surface area contributed by atoms with E-state index in [-0.39, 0.29) is 12.5 Å². The number of aromatic nitrogens is 2. The van der Waals surface area contributed by atoms with Gasteiger partial charge in [-0.05, 0) is 6.92 Å². The third-order valence-corrected chi connectivity index (χ3v) is 4.37. The van der Waals surface area contributed by atoms with Crippen molar-refractivity contribution >= 4 is 28.6 Å². The zero-order valence-corrected chi connectivity index (χ0v) is 12.3. The fraction of sp³-hybridized carbons (Fsp3) is 0.417. The number of nitrogens with zero attached hydrogens (tertiary/aromatic N) is 2. The Labute approximate surface area is 118 Å². The minimum absolute atomic E-state index is 0.0169. The molecule has 0 fully saturated rings. The molecular formula is C12H14N2O3S2. The second-order valence-electron chi connectivity index (χ2n) is 3.91. The Bertz CT molecular complexity index is 565. The van der Waals surface area contributed by atoms with Crippen LogP contribution in [0.2, 0.25) is 0 Å². The summed E-state index contributed by atoms with van der Waals surface area (Å²) >= 11 is 2.84. The van der Waals surface area contributed by atoms with E-state index >= 15 is 0 Å². The van der Waals surface area contributed by atoms with Crippen molar-refractivity contribution in [2.24, 2.45) is 0 Å². The molecule has 0 radical (unpaired) electrons. The number of rotatable bonds is 5. The SMILES string of the molecule is CCOC(=O)c1csc(-c2csc(C(C)CO)n2)n1. The molecule has 19 heavy (non-hydrogen) atoms. The smallest absolute Gasteiger partial charge is 0.357 e. The summed E-state index contributed by atoms with van der Waals surface area (Å²) in [6, 6.07) is 0. The summed E-state index contributed by atoms with van der Waals surface area (Å²) in [5.74, 6) is -0.396. The molecule has 0 bridgehead atoms. The Morgan fingerprint density at radius 2 is 2.21 bits per heavy atom. The van der Waals surface area contributed by atoms with Crippen molar-refractivity contribution in [3.8, 4) is 10.7 Å². The molecule has 7 heteroatoms. The van der Waals surface area contributed by atoms with Crippen LogP contribution in [0.5, 0.6) is 0 Å². The highest BCUT2D eigenvalue weighted by atomic mass is 32.1. The largest absolute Gasteiger partial charge is 0.461 e. The molecule has 2 heterocycles. The lowest BCUT2D eigenvalue weighted by molar-refractivity contribution is 0.0520. The van der Waals surface area contributed by atoms with Crippen molar-refractivity contribution in [3.63, 3.8) is 0 Å². The molecule has 5 nitrogen and oxygen atoms in total. The monoisotopic (exact) mass is 298 g/mol. The molecule has 2 rings (SSSR count). The van der Waals surface area contributed by atoms with Gasteiger partial charge in [0.2, 0.25) is 0 Å². The number of aliphatic hydroxyl groups is 1. The van der Waals surface area contributed by atoms with Gasteiger partial charge >= 0.3 is 5.97 Å². The summed E-state index contributed by atoms with van der Waals surface area (Å²) in [5.41, 5.74) is 1.05. The molecule has 0 amide bonds. The van der Waals surface area contributed by atoms with E-state index in [1.807, 2.05) is 12.3 Å². The van der Waals surface area contributed by atoms with Crippen LogP contribution in [-0.4, -0.2) is 34.3 Å². The van der Waals surface area contributed by atoms with Crippen LogP contribution in [-0.2, 0) is 4.74 Å². The summed E-state index contributed by atoms with van der Waals surface area (Å²) in [4.78, 5) is 20.2. The van der Waals surface area contributed by atoms with Gasteiger partial charge < -0.3 is 9.84 Å². The second-order valence-corrected chi connectivity index (χ2v) is 5.66. The first-order chi connectivity index (χ1) is 9.15. The van der Waals surface area contributed by atoms with Gasteiger partial charge in [-0.3, -0.25) is 0 Å². The average Bonchev–Trinajstić information content (AvgIpc) is 3.06. The van der Waals surface area contributed by atoms with Crippen LogP contribution in [0.4, 0.5) is 0 Å². The third-order valence-electron chi connectivity index (χ3n) is 2.43. The molecule has 0 aromatic carbocycles. The van der Waals surface area contributed by atoms with Crippen LogP contribution in [0.25, 0.3) is 10.7 Å². The summed E-state index contributed by atoms with van der Waals surface area (Å²) in [5, 5.41) is 14.2. The molecule has 0 aliphatic heterocycles. The van der Waals surface area contributed by atoms with E-state index in [2.05, 4.69) is 9.97 Å². The molecule has 102 valence electrons. The molecule has 2 aromatic heterocycles. The van der Waals surface area contributed by atoms with Crippen molar-refractivity contribution in [1.29, 1.82) is 0 Å². The van der Waals surface area contributed by atoms with Gasteiger partial charge in [-0.15, -0.1) is 22.7 Å². The highest BCUT2D eigenvalue weighted by Crippen LogP contribution is 2.28. The highest BCUT2D eigenvalue weighted by Gasteiger charge is 2.16. The van der Waals surface area contributed by atoms with Gasteiger partial charge in [-0.1, -0.05) is 6.92 Å². The fourth-order valence-electron chi connectivity index (χ4n) is 1.38. The van der Waals surface area contributed by atoms with Crippen LogP contribution in [0.15, 0.2) is 10.8 Å². The third kappa shape index (κ3) is 3.17. The quantitative estimate of drug-likeness (QED) is 0.859. The van der Waals surface area contributed by atoms with Crippen molar-refractivity contribution < 1.29 is 14.6 Å². The maximum atomic E-state index is 11.5. The van der Waals surface area contributed by atoms with Crippen LogP contribution in [0.1, 0.15) is 35.3 Å². The molecular weight excluding hydrogens is 284 g/mol. The molecule has 0 aliphatic carbocycles. The van der Waals surface area contributed by atoms with Gasteiger partial charge in [0.05, 0.1) is 18.2 Å². The van der Waals surface area contributed by atoms with Gasteiger partial charge in [-0.25, -0.2) is 14.8 Å². The van der Waals surface area contributed by atoms with E-state index in [4.69, 9.17) is 9.84 Å². The van der Waals surface area contributed by atoms with Crippen LogP contribution >= 0.6 is 22.7 Å². The normalized spacial score (nSPS) is 12.4. The number of hydrogen-bond donors (Lipinski definition) is 1. The average molecular weight is 298 g/mol. The Hall–Kier alpha value is -1.31. The summed E-state index contributed by atoms with van der Waals surface area (Å²) < 4.78 is 4.89. The maximum Gasteiger partial charge on any atom is 0.357 e. The predicted molar refractivity (Wildman–Crippen MR) is 74.7 cm³/mol. The number of hydrogen-bond acceptors (Lipinski definition) is 7. The van der Waals surface area contributed by atoms with Gasteiger partial charge in [0.15, 0.2) is 5.69 Å². The zero-order valence-electron chi connectivity index (χ0n) is 10.6. The molecule has 0 saturated heterocycles. The Morgan fingerprint density at radius 1 is 1.42 bits per heavy atom. The summed E-state index contributed by atoms with van der Waals surface area (Å²) in [7, 11) is 0. The van der Waals surface area contributed by atoms with Crippen LogP contribution in [0, 0.1) is 0 Å². The number of carbonyl (C=O) groups excluding carboxylic acids is 1. The minimum Gasteiger partial charge on any atom is -0.461 e. The Morgan fingerprint density at radius 3 is 2.89 bits per heavy atom. The topological polar surface area (TPSA) is 72.3 Å². The van der Waals surface area contributed by atoms with Crippen LogP contribution < -0.4 is 0 Å². The van der Waals surface area contributed by atoms with Crippen molar-refractivity contribution in [1.82, 2.24) is 9.97 Å². The lowest BCUT2D eigenvalue weighted by Gasteiger charge is -2.00. The maximum absolute atomic E-state index is 11.5. The number of ether oxygens (including phenoxy) is 1. The predicted octanol–water partition coefficient (Wildman–Crippen LogP) is 2.54. The first-order valence-corrected chi connectivity index (χ1v) is 7.61. The summed E-state index contributed by atoms with van der Waals surface area (Å²) in [6.07, 6.45) is 0. The first kappa shape index (κ1) is 14.1. The van der Waals surface area contributed by atoms with Crippen molar-refractivity contribution in [3.05, 3.63) is 21.5 Å². The molecule has 0 spiro atoms. The molecule has 0 aliphatic rings. The van der Waals surface area contributed by atoms with Gasteiger partial charge in [0.25, 0.3) is 0 Å². The molecule has 1 N–H and O–H groups in total. The molecule has 1 atom stereocenters. The van der Waals surface area contributed by atoms with Crippen molar-refractivity contribution in [2.45, 2.75) is 19.8 Å². The lowest BCUT2D eigenvalue weighted by atomic mass is 10.2. The van der Waals surface area contributed by atoms with E-state index in [1.54, 1.807) is 12.3 Å².